The Kier molecular flexibility index (Phi) is 5.06. The van der Waals surface area contributed by atoms with Crippen LogP contribution >= 0.6 is 11.8 Å². The Labute approximate surface area is 136 Å². The second-order valence-corrected chi connectivity index (χ2v) is 7.59. The van der Waals surface area contributed by atoms with Gasteiger partial charge >= 0.3 is 0 Å². The van der Waals surface area contributed by atoms with Crippen molar-refractivity contribution in [3.05, 3.63) is 30.1 Å². The summed E-state index contributed by atoms with van der Waals surface area (Å²) in [7, 11) is 0. The minimum Gasteiger partial charge on any atom is -0.353 e. The summed E-state index contributed by atoms with van der Waals surface area (Å²) >= 11 is 1.47. The van der Waals surface area contributed by atoms with Gasteiger partial charge in [0.2, 0.25) is 5.91 Å². The number of carbonyl (C=O) groups is 1. The highest BCUT2D eigenvalue weighted by Gasteiger charge is 2.20. The van der Waals surface area contributed by atoms with E-state index in [4.69, 9.17) is 4.98 Å². The number of hydrogen-bond acceptors (Lipinski definition) is 4. The highest BCUT2D eigenvalue weighted by molar-refractivity contribution is 8.00. The van der Waals surface area contributed by atoms with Gasteiger partial charge < -0.3 is 5.32 Å². The molecule has 0 atom stereocenters. The first-order valence-corrected chi connectivity index (χ1v) is 8.45. The lowest BCUT2D eigenvalue weighted by molar-refractivity contribution is -0.119. The van der Waals surface area contributed by atoms with E-state index in [9.17, 15) is 4.79 Å². The molecule has 0 saturated heterocycles. The Bertz CT molecular complexity index is 677. The molecule has 0 aliphatic rings. The number of para-hydroxylation sites is 1. The third kappa shape index (κ3) is 4.19. The lowest BCUT2D eigenvalue weighted by atomic mass is 9.95. The zero-order valence-corrected chi connectivity index (χ0v) is 14.6. The summed E-state index contributed by atoms with van der Waals surface area (Å²) in [6.45, 7) is 10.2. The van der Waals surface area contributed by atoms with Gasteiger partial charge in [-0.15, -0.1) is 0 Å². The molecule has 22 heavy (non-hydrogen) atoms. The van der Waals surface area contributed by atoms with Crippen molar-refractivity contribution < 1.29 is 4.79 Å². The number of aromatic nitrogens is 2. The van der Waals surface area contributed by atoms with Gasteiger partial charge in [0, 0.05) is 16.8 Å². The fraction of sp³-hybridized carbons (Fsp3) is 0.471. The largest absolute Gasteiger partial charge is 0.353 e. The molecule has 0 saturated carbocycles. The molecule has 118 valence electrons. The van der Waals surface area contributed by atoms with Gasteiger partial charge in [0.15, 0.2) is 0 Å². The van der Waals surface area contributed by atoms with Gasteiger partial charge in [0.05, 0.1) is 11.3 Å². The van der Waals surface area contributed by atoms with Gasteiger partial charge in [-0.3, -0.25) is 4.79 Å². The van der Waals surface area contributed by atoms with Gasteiger partial charge in [-0.05, 0) is 19.9 Å². The van der Waals surface area contributed by atoms with E-state index >= 15 is 0 Å². The molecule has 2 rings (SSSR count). The van der Waals surface area contributed by atoms with Crippen LogP contribution in [0.15, 0.2) is 29.3 Å². The average Bonchev–Trinajstić information content (AvgIpc) is 2.42. The van der Waals surface area contributed by atoms with Crippen LogP contribution in [0.3, 0.4) is 0 Å². The molecule has 1 heterocycles. The summed E-state index contributed by atoms with van der Waals surface area (Å²) < 4.78 is 0. The fourth-order valence-electron chi connectivity index (χ4n) is 1.99. The third-order valence-corrected chi connectivity index (χ3v) is 4.02. The van der Waals surface area contributed by atoms with Crippen molar-refractivity contribution in [3.8, 4) is 0 Å². The zero-order valence-electron chi connectivity index (χ0n) is 13.8. The molecule has 2 aromatic rings. The quantitative estimate of drug-likeness (QED) is 0.692. The van der Waals surface area contributed by atoms with E-state index < -0.39 is 0 Å². The van der Waals surface area contributed by atoms with E-state index in [2.05, 4.69) is 31.1 Å². The summed E-state index contributed by atoms with van der Waals surface area (Å²) in [5.41, 5.74) is 0.800. The molecule has 0 bridgehead atoms. The Morgan fingerprint density at radius 3 is 2.55 bits per heavy atom. The molecule has 5 heteroatoms. The molecular formula is C17H23N3OS. The molecule has 0 aliphatic heterocycles. The van der Waals surface area contributed by atoms with Crippen LogP contribution in [0, 0.1) is 0 Å². The topological polar surface area (TPSA) is 54.9 Å². The van der Waals surface area contributed by atoms with Crippen LogP contribution in [0.25, 0.3) is 10.9 Å². The first-order valence-electron chi connectivity index (χ1n) is 7.47. The van der Waals surface area contributed by atoms with Gasteiger partial charge in [0.25, 0.3) is 0 Å². The van der Waals surface area contributed by atoms with Gasteiger partial charge in [-0.25, -0.2) is 9.97 Å². The molecule has 0 radical (unpaired) electrons. The van der Waals surface area contributed by atoms with Crippen molar-refractivity contribution >= 4 is 28.6 Å². The van der Waals surface area contributed by atoms with E-state index in [-0.39, 0.29) is 17.4 Å². The number of carbonyl (C=O) groups excluding carboxylic acids is 1. The first kappa shape index (κ1) is 16.7. The van der Waals surface area contributed by atoms with E-state index in [0.29, 0.717) is 5.75 Å². The van der Waals surface area contributed by atoms with Gasteiger partial charge in [-0.2, -0.15) is 0 Å². The molecule has 0 spiro atoms. The summed E-state index contributed by atoms with van der Waals surface area (Å²) in [4.78, 5) is 21.2. The van der Waals surface area contributed by atoms with Crippen LogP contribution in [-0.2, 0) is 10.2 Å². The van der Waals surface area contributed by atoms with Crippen LogP contribution < -0.4 is 5.32 Å². The third-order valence-electron chi connectivity index (χ3n) is 3.03. The van der Waals surface area contributed by atoms with Crippen molar-refractivity contribution in [2.45, 2.75) is 51.1 Å². The average molecular weight is 317 g/mol. The molecule has 1 amide bonds. The summed E-state index contributed by atoms with van der Waals surface area (Å²) in [6, 6.07) is 8.09. The van der Waals surface area contributed by atoms with Crippen LogP contribution in [-0.4, -0.2) is 27.7 Å². The van der Waals surface area contributed by atoms with E-state index in [1.165, 1.54) is 11.8 Å². The molecule has 1 aromatic heterocycles. The Morgan fingerprint density at radius 1 is 1.23 bits per heavy atom. The minimum absolute atomic E-state index is 0.0278. The number of amides is 1. The standard InChI is InChI=1S/C17H23N3OS/c1-11(2)18-14(21)10-22-15-12-8-6-7-9-13(12)19-16(20-15)17(3,4)5/h6-9,11H,10H2,1-5H3,(H,18,21). The van der Waals surface area contributed by atoms with Gasteiger partial charge in [-0.1, -0.05) is 50.7 Å². The number of benzene rings is 1. The lowest BCUT2D eigenvalue weighted by Gasteiger charge is -2.18. The molecule has 0 fully saturated rings. The fourth-order valence-corrected chi connectivity index (χ4v) is 2.82. The maximum atomic E-state index is 11.9. The van der Waals surface area contributed by atoms with Crippen molar-refractivity contribution in [2.75, 3.05) is 5.75 Å². The predicted octanol–water partition coefficient (Wildman–Crippen LogP) is 3.54. The van der Waals surface area contributed by atoms with Crippen molar-refractivity contribution in [1.82, 2.24) is 15.3 Å². The number of nitrogens with one attached hydrogen (secondary N) is 1. The number of thioether (sulfide) groups is 1. The number of rotatable bonds is 4. The number of hydrogen-bond donors (Lipinski definition) is 1. The zero-order chi connectivity index (χ0) is 16.3. The van der Waals surface area contributed by atoms with Crippen LogP contribution in [0.2, 0.25) is 0 Å². The van der Waals surface area contributed by atoms with Crippen LogP contribution in [0.4, 0.5) is 0 Å². The van der Waals surface area contributed by atoms with Crippen LogP contribution in [0.5, 0.6) is 0 Å². The normalized spacial score (nSPS) is 11.9. The molecule has 1 aromatic carbocycles. The summed E-state index contributed by atoms with van der Waals surface area (Å²) in [6.07, 6.45) is 0. The smallest absolute Gasteiger partial charge is 0.230 e. The maximum Gasteiger partial charge on any atom is 0.230 e. The van der Waals surface area contributed by atoms with Crippen molar-refractivity contribution in [3.63, 3.8) is 0 Å². The second kappa shape index (κ2) is 6.65. The van der Waals surface area contributed by atoms with Crippen molar-refractivity contribution in [2.24, 2.45) is 0 Å². The van der Waals surface area contributed by atoms with E-state index in [1.54, 1.807) is 0 Å². The van der Waals surface area contributed by atoms with Crippen LogP contribution in [0.1, 0.15) is 40.4 Å². The van der Waals surface area contributed by atoms with Gasteiger partial charge in [0.1, 0.15) is 10.9 Å². The maximum absolute atomic E-state index is 11.9. The predicted molar refractivity (Wildman–Crippen MR) is 92.2 cm³/mol. The van der Waals surface area contributed by atoms with E-state index in [1.807, 2.05) is 38.1 Å². The highest BCUT2D eigenvalue weighted by Crippen LogP contribution is 2.28. The number of fused-ring (bicyclic) bond motifs is 1. The highest BCUT2D eigenvalue weighted by atomic mass is 32.2. The van der Waals surface area contributed by atoms with E-state index in [0.717, 1.165) is 21.8 Å². The Morgan fingerprint density at radius 2 is 1.91 bits per heavy atom. The minimum atomic E-state index is -0.125. The monoisotopic (exact) mass is 317 g/mol. The SMILES string of the molecule is CC(C)NC(=O)CSc1nc(C(C)(C)C)nc2ccccc12. The number of nitrogens with zero attached hydrogens (tertiary/aromatic N) is 2. The van der Waals surface area contributed by atoms with Crippen molar-refractivity contribution in [1.29, 1.82) is 0 Å². The second-order valence-electron chi connectivity index (χ2n) is 6.63. The summed E-state index contributed by atoms with van der Waals surface area (Å²) in [5.74, 6) is 1.20. The first-order chi connectivity index (χ1) is 10.3. The molecule has 0 aliphatic carbocycles. The summed E-state index contributed by atoms with van der Waals surface area (Å²) in [5, 5.41) is 4.77. The Balaban J connectivity index is 2.33. The molecular weight excluding hydrogens is 294 g/mol. The molecule has 0 unspecified atom stereocenters. The lowest BCUT2D eigenvalue weighted by Crippen LogP contribution is -2.31. The Hall–Kier alpha value is -1.62. The molecule has 1 N–H and O–H groups in total. The molecule has 4 nitrogen and oxygen atoms in total.